The number of anilines is 1. The molecule has 4 heterocycles. The number of amidine groups is 1. The summed E-state index contributed by atoms with van der Waals surface area (Å²) in [4.78, 5) is 32.5. The Labute approximate surface area is 269 Å². The summed E-state index contributed by atoms with van der Waals surface area (Å²) in [6, 6.07) is 11.0. The molecule has 1 spiro atoms. The molecular weight excluding hydrogens is 608 g/mol. The van der Waals surface area contributed by atoms with E-state index in [9.17, 15) is 23.6 Å². The Morgan fingerprint density at radius 2 is 1.89 bits per heavy atom. The van der Waals surface area contributed by atoms with E-state index < -0.39 is 17.7 Å². The third-order valence-corrected chi connectivity index (χ3v) is 9.95. The van der Waals surface area contributed by atoms with E-state index in [1.807, 2.05) is 26.1 Å². The molecule has 3 aromatic rings. The molecule has 0 bridgehead atoms. The Bertz CT molecular complexity index is 1940. The fraction of sp³-hybridized carbons (Fsp3) is 0.441. The van der Waals surface area contributed by atoms with Crippen molar-refractivity contribution in [2.24, 2.45) is 17.8 Å². The lowest BCUT2D eigenvalue weighted by Crippen LogP contribution is -2.53. The SMILES string of the molecule is C[C@H]1C[C@@]2(CCN1c1cc(-c3c(C4CC4)c(CC(N)=O)nn3C)ccc1C#N)N=C(c1ccc3c(c1C1CC1)OC(F)(F)O3)NC2=O. The van der Waals surface area contributed by atoms with Crippen LogP contribution in [0.2, 0.25) is 0 Å². The summed E-state index contributed by atoms with van der Waals surface area (Å²) in [5, 5.41) is 17.7. The number of ether oxygens (including phenoxy) is 2. The molecule has 1 aromatic heterocycles. The number of nitrogens with zero attached hydrogens (tertiary/aromatic N) is 5. The Balaban J connectivity index is 1.11. The largest absolute Gasteiger partial charge is 0.586 e. The lowest BCUT2D eigenvalue weighted by Gasteiger charge is -2.42. The van der Waals surface area contributed by atoms with Crippen LogP contribution in [0.1, 0.15) is 85.2 Å². The maximum atomic E-state index is 14.0. The molecular formula is C34H33F2N7O4. The first kappa shape index (κ1) is 29.4. The second kappa shape index (κ2) is 10.3. The van der Waals surface area contributed by atoms with Gasteiger partial charge in [0.15, 0.2) is 11.5 Å². The average molecular weight is 642 g/mol. The van der Waals surface area contributed by atoms with Crippen LogP contribution in [0.15, 0.2) is 35.3 Å². The van der Waals surface area contributed by atoms with E-state index in [1.165, 1.54) is 6.07 Å². The predicted octanol–water partition coefficient (Wildman–Crippen LogP) is 4.37. The van der Waals surface area contributed by atoms with Crippen molar-refractivity contribution in [2.45, 2.75) is 81.6 Å². The van der Waals surface area contributed by atoms with Gasteiger partial charge < -0.3 is 25.4 Å². The van der Waals surface area contributed by atoms with Gasteiger partial charge >= 0.3 is 6.29 Å². The molecule has 2 atom stereocenters. The van der Waals surface area contributed by atoms with E-state index in [4.69, 9.17) is 20.2 Å². The fourth-order valence-corrected chi connectivity index (χ4v) is 7.60. The van der Waals surface area contributed by atoms with Gasteiger partial charge in [-0.25, -0.2) is 0 Å². The fourth-order valence-electron chi connectivity index (χ4n) is 7.60. The second-order valence-electron chi connectivity index (χ2n) is 13.3. The first-order valence-electron chi connectivity index (χ1n) is 16.0. The zero-order valence-corrected chi connectivity index (χ0v) is 26.0. The van der Waals surface area contributed by atoms with Gasteiger partial charge in [0.25, 0.3) is 5.91 Å². The van der Waals surface area contributed by atoms with E-state index in [2.05, 4.69) is 21.4 Å². The molecule has 11 nitrogen and oxygen atoms in total. The maximum Gasteiger partial charge on any atom is 0.586 e. The van der Waals surface area contributed by atoms with Gasteiger partial charge in [-0.2, -0.15) is 10.4 Å². The number of halogens is 2. The van der Waals surface area contributed by atoms with Crippen LogP contribution in [0.3, 0.4) is 0 Å². The van der Waals surface area contributed by atoms with Crippen LogP contribution < -0.4 is 25.4 Å². The van der Waals surface area contributed by atoms with Gasteiger partial charge in [-0.05, 0) is 75.1 Å². The maximum absolute atomic E-state index is 14.0. The number of amides is 2. The van der Waals surface area contributed by atoms with Crippen LogP contribution in [0.4, 0.5) is 14.5 Å². The number of carbonyl (C=O) groups is 2. The van der Waals surface area contributed by atoms with Crippen LogP contribution in [0.5, 0.6) is 11.5 Å². The van der Waals surface area contributed by atoms with Crippen LogP contribution in [-0.2, 0) is 23.1 Å². The molecule has 3 aliphatic heterocycles. The van der Waals surface area contributed by atoms with Gasteiger partial charge in [-0.15, -0.1) is 8.78 Å². The summed E-state index contributed by atoms with van der Waals surface area (Å²) in [7, 11) is 1.85. The number of nitriles is 1. The number of aliphatic imine (C=N–C) groups is 1. The zero-order valence-electron chi connectivity index (χ0n) is 26.0. The Morgan fingerprint density at radius 3 is 2.57 bits per heavy atom. The van der Waals surface area contributed by atoms with E-state index >= 15 is 0 Å². The second-order valence-corrected chi connectivity index (χ2v) is 13.3. The number of fused-ring (bicyclic) bond motifs is 1. The number of piperidine rings is 1. The zero-order chi connectivity index (χ0) is 32.8. The minimum atomic E-state index is -3.74. The molecule has 3 N–H and O–H groups in total. The van der Waals surface area contributed by atoms with Crippen LogP contribution in [0, 0.1) is 11.3 Å². The lowest BCUT2D eigenvalue weighted by molar-refractivity contribution is -0.286. The third-order valence-electron chi connectivity index (χ3n) is 9.95. The minimum Gasteiger partial charge on any atom is -0.395 e. The number of primary amides is 1. The number of hydrogen-bond donors (Lipinski definition) is 2. The standard InChI is InChI=1S/C34H33F2N7O4/c1-17-15-33(32(45)39-31(40-33)22-9-10-25-30(27(22)18-3-4-18)47-34(35,36)46-25)11-12-43(17)24-13-20(7-8-21(24)16-37)29-28(19-5-6-19)23(14-26(38)44)41-42(29)2/h7-10,13,17-19H,3-6,11-12,14-15H2,1-2H3,(H2,38,44)(H,39,40,45)/t17-,33+/m0/s1. The Hall–Kier alpha value is -4.99. The third kappa shape index (κ3) is 4.89. The summed E-state index contributed by atoms with van der Waals surface area (Å²) in [6.07, 6.45) is 0.797. The molecule has 47 heavy (non-hydrogen) atoms. The van der Waals surface area contributed by atoms with Gasteiger partial charge in [0.2, 0.25) is 5.91 Å². The highest BCUT2D eigenvalue weighted by molar-refractivity contribution is 6.16. The predicted molar refractivity (Wildman–Crippen MR) is 166 cm³/mol. The molecule has 3 fully saturated rings. The number of benzene rings is 2. The number of hydrogen-bond acceptors (Lipinski definition) is 8. The van der Waals surface area contributed by atoms with Gasteiger partial charge in [-0.3, -0.25) is 19.3 Å². The number of rotatable bonds is 7. The number of nitrogens with two attached hydrogens (primary N) is 1. The summed E-state index contributed by atoms with van der Waals surface area (Å²) >= 11 is 0. The highest BCUT2D eigenvalue weighted by Crippen LogP contribution is 2.54. The first-order valence-corrected chi connectivity index (χ1v) is 16.0. The quantitative estimate of drug-likeness (QED) is 0.389. The van der Waals surface area contributed by atoms with Gasteiger partial charge in [-0.1, -0.05) is 6.07 Å². The smallest absolute Gasteiger partial charge is 0.395 e. The molecule has 1 saturated heterocycles. The minimum absolute atomic E-state index is 0.0139. The molecule has 2 saturated carbocycles. The highest BCUT2D eigenvalue weighted by Gasteiger charge is 2.51. The van der Waals surface area contributed by atoms with Crippen molar-refractivity contribution in [3.63, 3.8) is 0 Å². The van der Waals surface area contributed by atoms with Crippen molar-refractivity contribution < 1.29 is 27.8 Å². The average Bonchev–Trinajstić information content (AvgIpc) is 3.94. The van der Waals surface area contributed by atoms with Crippen molar-refractivity contribution in [1.82, 2.24) is 15.1 Å². The van der Waals surface area contributed by atoms with E-state index in [-0.39, 0.29) is 35.8 Å². The van der Waals surface area contributed by atoms with Gasteiger partial charge in [0.05, 0.1) is 29.1 Å². The molecule has 13 heteroatoms. The number of carbonyl (C=O) groups excluding carboxylic acids is 2. The molecule has 0 radical (unpaired) electrons. The van der Waals surface area contributed by atoms with E-state index in [0.717, 1.165) is 48.2 Å². The summed E-state index contributed by atoms with van der Waals surface area (Å²) in [5.41, 5.74) is 10.5. The molecule has 8 rings (SSSR count). The molecule has 2 aromatic carbocycles. The van der Waals surface area contributed by atoms with Gasteiger partial charge in [0.1, 0.15) is 17.4 Å². The number of aryl methyl sites for hydroxylation is 1. The highest BCUT2D eigenvalue weighted by atomic mass is 19.3. The summed E-state index contributed by atoms with van der Waals surface area (Å²) in [5.74, 6) is 0.0303. The number of alkyl halides is 2. The molecule has 2 aliphatic carbocycles. The van der Waals surface area contributed by atoms with Crippen molar-refractivity contribution in [2.75, 3.05) is 11.4 Å². The van der Waals surface area contributed by atoms with Crippen molar-refractivity contribution in [3.05, 3.63) is 58.3 Å². The van der Waals surface area contributed by atoms with Crippen LogP contribution in [-0.4, -0.2) is 51.9 Å². The molecule has 5 aliphatic rings. The summed E-state index contributed by atoms with van der Waals surface area (Å²) < 4.78 is 39.4. The van der Waals surface area contributed by atoms with Crippen molar-refractivity contribution in [1.29, 1.82) is 5.26 Å². The Kier molecular flexibility index (Phi) is 6.42. The van der Waals surface area contributed by atoms with Crippen LogP contribution in [0.25, 0.3) is 11.3 Å². The number of nitrogens with one attached hydrogen (secondary N) is 1. The molecule has 242 valence electrons. The Morgan fingerprint density at radius 1 is 1.15 bits per heavy atom. The lowest BCUT2D eigenvalue weighted by atomic mass is 9.83. The van der Waals surface area contributed by atoms with E-state index in [1.54, 1.807) is 16.8 Å². The van der Waals surface area contributed by atoms with Crippen molar-refractivity contribution >= 4 is 23.3 Å². The number of aromatic nitrogens is 2. The monoisotopic (exact) mass is 641 g/mol. The molecule has 2 amide bonds. The van der Waals surface area contributed by atoms with Gasteiger partial charge in [0, 0.05) is 48.3 Å². The molecule has 0 unspecified atom stereocenters. The summed E-state index contributed by atoms with van der Waals surface area (Å²) in [6.45, 7) is 2.47. The van der Waals surface area contributed by atoms with Crippen LogP contribution >= 0.6 is 0 Å². The first-order chi connectivity index (χ1) is 22.5. The van der Waals surface area contributed by atoms with E-state index in [0.29, 0.717) is 53.5 Å². The topological polar surface area (TPSA) is 148 Å². The van der Waals surface area contributed by atoms with Crippen molar-refractivity contribution in [3.8, 4) is 28.8 Å². The normalized spacial score (nSPS) is 24.3.